The standard InChI is InChI=1S/C15H13BrF5N3O2S/c16-12(13(18)5-3-9(17)14(19,20)15(13,21)27)4-1-2-7-10(12)8(24-23-7)6-22-11(25)26/h1-5,9,22-24,27H,6H2,(H,25,26). The number of nitrogens with one attached hydrogen (secondary N) is 3. The Kier molecular flexibility index (Phi) is 4.57. The molecule has 5 nitrogen and oxygen atoms in total. The first kappa shape index (κ1) is 20.1. The molecule has 3 rings (SSSR count). The van der Waals surface area contributed by atoms with Gasteiger partial charge in [0.15, 0.2) is 6.17 Å². The minimum absolute atomic E-state index is 0.0601. The van der Waals surface area contributed by atoms with Crippen molar-refractivity contribution in [2.75, 3.05) is 6.54 Å². The van der Waals surface area contributed by atoms with Crippen LogP contribution in [0.2, 0.25) is 0 Å². The van der Waals surface area contributed by atoms with Gasteiger partial charge in [0.2, 0.25) is 5.67 Å². The Labute approximate surface area is 163 Å². The maximum atomic E-state index is 16.0. The molecule has 0 aromatic rings. The molecule has 0 radical (unpaired) electrons. The van der Waals surface area contributed by atoms with Crippen LogP contribution in [0.25, 0.3) is 0 Å². The molecule has 0 saturated carbocycles. The Balaban J connectivity index is 2.17. The molecular weight excluding hydrogens is 461 g/mol. The van der Waals surface area contributed by atoms with E-state index < -0.39 is 33.2 Å². The van der Waals surface area contributed by atoms with E-state index in [2.05, 4.69) is 39.4 Å². The number of carbonyl (C=O) groups is 1. The second-order valence-electron chi connectivity index (χ2n) is 6.13. The predicted molar refractivity (Wildman–Crippen MR) is 93.9 cm³/mol. The van der Waals surface area contributed by atoms with Crippen LogP contribution in [0.15, 0.2) is 47.3 Å². The molecule has 1 aliphatic heterocycles. The second-order valence-corrected chi connectivity index (χ2v) is 8.00. The molecule has 148 valence electrons. The minimum atomic E-state index is -4.77. The van der Waals surface area contributed by atoms with Gasteiger partial charge in [-0.15, -0.1) is 12.6 Å². The monoisotopic (exact) mass is 473 g/mol. The highest BCUT2D eigenvalue weighted by molar-refractivity contribution is 9.10. The molecule has 0 aromatic carbocycles. The third-order valence-electron chi connectivity index (χ3n) is 4.58. The number of alkyl halides is 6. The van der Waals surface area contributed by atoms with Gasteiger partial charge in [-0.1, -0.05) is 28.1 Å². The largest absolute Gasteiger partial charge is 0.465 e. The summed E-state index contributed by atoms with van der Waals surface area (Å²) in [6.45, 7) is -0.357. The summed E-state index contributed by atoms with van der Waals surface area (Å²) in [7, 11) is 0. The smallest absolute Gasteiger partial charge is 0.404 e. The van der Waals surface area contributed by atoms with Crippen LogP contribution in [-0.2, 0) is 0 Å². The Morgan fingerprint density at radius 1 is 1.30 bits per heavy atom. The molecule has 1 amide bonds. The molecule has 12 heteroatoms. The van der Waals surface area contributed by atoms with Crippen LogP contribution in [0.4, 0.5) is 26.7 Å². The topological polar surface area (TPSA) is 73.4 Å². The van der Waals surface area contributed by atoms with Gasteiger partial charge in [0.25, 0.3) is 5.00 Å². The number of thiol groups is 1. The number of hydrazine groups is 1. The zero-order valence-corrected chi connectivity index (χ0v) is 15.7. The van der Waals surface area contributed by atoms with Crippen molar-refractivity contribution in [3.05, 3.63) is 47.3 Å². The van der Waals surface area contributed by atoms with E-state index >= 15 is 8.78 Å². The van der Waals surface area contributed by atoms with Crippen LogP contribution in [0.5, 0.6) is 0 Å². The van der Waals surface area contributed by atoms with Gasteiger partial charge in [0.05, 0.1) is 17.9 Å². The summed E-state index contributed by atoms with van der Waals surface area (Å²) in [5.74, 6) is -4.77. The molecule has 4 atom stereocenters. The van der Waals surface area contributed by atoms with E-state index in [9.17, 15) is 18.0 Å². The lowest BCUT2D eigenvalue weighted by molar-refractivity contribution is -0.176. The summed E-state index contributed by atoms with van der Waals surface area (Å²) in [6, 6.07) is 0. The summed E-state index contributed by atoms with van der Waals surface area (Å²) >= 11 is 6.21. The predicted octanol–water partition coefficient (Wildman–Crippen LogP) is 3.05. The number of carboxylic acid groups (broad SMARTS) is 1. The lowest BCUT2D eigenvalue weighted by Crippen LogP contribution is -2.68. The molecule has 0 spiro atoms. The summed E-state index contributed by atoms with van der Waals surface area (Å²) in [5, 5.41) is 6.57. The minimum Gasteiger partial charge on any atom is -0.465 e. The van der Waals surface area contributed by atoms with Crippen molar-refractivity contribution in [1.29, 1.82) is 0 Å². The van der Waals surface area contributed by atoms with E-state index in [4.69, 9.17) is 5.11 Å². The number of allylic oxidation sites excluding steroid dienone is 6. The highest BCUT2D eigenvalue weighted by Crippen LogP contribution is 2.62. The zero-order chi connectivity index (χ0) is 20.3. The van der Waals surface area contributed by atoms with Crippen molar-refractivity contribution < 1.29 is 31.9 Å². The van der Waals surface area contributed by atoms with Crippen LogP contribution in [0.1, 0.15) is 0 Å². The number of hydrogen-bond donors (Lipinski definition) is 5. The van der Waals surface area contributed by atoms with Crippen LogP contribution in [-0.4, -0.2) is 44.8 Å². The number of fused-ring (bicyclic) bond motifs is 1. The van der Waals surface area contributed by atoms with E-state index in [-0.39, 0.29) is 29.6 Å². The molecule has 2 aliphatic carbocycles. The normalized spacial score (nSPS) is 39.4. The SMILES string of the molecule is O=C(O)NCC1=C2C(=CC=CC2(Br)C2(F)C=CC(F)C(F)(F)C2(F)S)NN1. The average Bonchev–Trinajstić information content (AvgIpc) is 3.00. The Bertz CT molecular complexity index is 815. The quantitative estimate of drug-likeness (QED) is 0.189. The highest BCUT2D eigenvalue weighted by atomic mass is 79.9. The molecule has 0 bridgehead atoms. The van der Waals surface area contributed by atoms with Crippen LogP contribution in [0.3, 0.4) is 0 Å². The van der Waals surface area contributed by atoms with Gasteiger partial charge >= 0.3 is 12.0 Å². The molecule has 1 heterocycles. The van der Waals surface area contributed by atoms with E-state index in [1.54, 1.807) is 0 Å². The van der Waals surface area contributed by atoms with Gasteiger partial charge in [-0.05, 0) is 18.2 Å². The van der Waals surface area contributed by atoms with Gasteiger partial charge in [-0.25, -0.2) is 18.0 Å². The van der Waals surface area contributed by atoms with Gasteiger partial charge in [0.1, 0.15) is 4.32 Å². The summed E-state index contributed by atoms with van der Waals surface area (Å²) in [6.07, 6.45) is -0.0300. The fraction of sp³-hybridized carbons (Fsp3) is 0.400. The number of rotatable bonds is 3. The fourth-order valence-electron chi connectivity index (χ4n) is 3.17. The van der Waals surface area contributed by atoms with Gasteiger partial charge in [-0.2, -0.15) is 8.78 Å². The third kappa shape index (κ3) is 2.59. The van der Waals surface area contributed by atoms with Crippen molar-refractivity contribution in [1.82, 2.24) is 16.2 Å². The van der Waals surface area contributed by atoms with E-state index in [0.717, 1.165) is 6.08 Å². The first-order valence-electron chi connectivity index (χ1n) is 7.51. The molecule has 0 fully saturated rings. The summed E-state index contributed by atoms with van der Waals surface area (Å²) in [5.41, 5.74) is 1.86. The van der Waals surface area contributed by atoms with Gasteiger partial charge in [-0.3, -0.25) is 0 Å². The van der Waals surface area contributed by atoms with Crippen LogP contribution < -0.4 is 16.2 Å². The molecule has 3 aliphatic rings. The molecule has 0 saturated heterocycles. The van der Waals surface area contributed by atoms with Crippen LogP contribution in [0, 0.1) is 0 Å². The number of halogens is 6. The van der Waals surface area contributed by atoms with Gasteiger partial charge < -0.3 is 21.3 Å². The first-order chi connectivity index (χ1) is 12.4. The highest BCUT2D eigenvalue weighted by Gasteiger charge is 2.77. The molecule has 0 aromatic heterocycles. The Hall–Kier alpha value is -1.69. The molecule has 27 heavy (non-hydrogen) atoms. The fourth-order valence-corrected chi connectivity index (χ4v) is 4.71. The van der Waals surface area contributed by atoms with E-state index in [0.29, 0.717) is 6.08 Å². The first-order valence-corrected chi connectivity index (χ1v) is 8.75. The lowest BCUT2D eigenvalue weighted by Gasteiger charge is -2.50. The maximum Gasteiger partial charge on any atom is 0.404 e. The number of hydrogen-bond acceptors (Lipinski definition) is 4. The van der Waals surface area contributed by atoms with E-state index in [1.807, 2.05) is 5.32 Å². The molecule has 4 N–H and O–H groups in total. The average molecular weight is 474 g/mol. The zero-order valence-electron chi connectivity index (χ0n) is 13.2. The molecular formula is C15H13BrF5N3O2S. The third-order valence-corrected chi connectivity index (χ3v) is 6.44. The van der Waals surface area contributed by atoms with Crippen molar-refractivity contribution >= 4 is 34.7 Å². The maximum absolute atomic E-state index is 16.0. The second kappa shape index (κ2) is 6.16. The van der Waals surface area contributed by atoms with Crippen molar-refractivity contribution in [2.24, 2.45) is 0 Å². The van der Waals surface area contributed by atoms with Gasteiger partial charge in [0, 0.05) is 5.57 Å². The lowest BCUT2D eigenvalue weighted by atomic mass is 9.71. The molecule has 4 unspecified atom stereocenters. The van der Waals surface area contributed by atoms with Crippen molar-refractivity contribution in [3.63, 3.8) is 0 Å². The summed E-state index contributed by atoms with van der Waals surface area (Å²) < 4.78 is 70.7. The summed E-state index contributed by atoms with van der Waals surface area (Å²) in [4.78, 5) is 10.7. The van der Waals surface area contributed by atoms with Crippen LogP contribution >= 0.6 is 28.6 Å². The van der Waals surface area contributed by atoms with Crippen molar-refractivity contribution in [2.45, 2.75) is 27.1 Å². The Morgan fingerprint density at radius 2 is 1.96 bits per heavy atom. The Morgan fingerprint density at radius 3 is 2.59 bits per heavy atom. The number of amides is 1. The van der Waals surface area contributed by atoms with E-state index in [1.165, 1.54) is 12.2 Å². The van der Waals surface area contributed by atoms with Crippen molar-refractivity contribution in [3.8, 4) is 0 Å².